The average Bonchev–Trinajstić information content (AvgIpc) is 3.77. The lowest BCUT2D eigenvalue weighted by molar-refractivity contribution is 1.18. The summed E-state index contributed by atoms with van der Waals surface area (Å²) in [6.07, 6.45) is 0. The van der Waals surface area contributed by atoms with Crippen molar-refractivity contribution in [2.24, 2.45) is 0 Å². The topological polar surface area (TPSA) is 8.17 Å². The maximum absolute atomic E-state index is 2.44. The zero-order chi connectivity index (χ0) is 34.9. The van der Waals surface area contributed by atoms with Crippen molar-refractivity contribution in [1.82, 2.24) is 4.57 Å². The molecule has 0 aliphatic heterocycles. The van der Waals surface area contributed by atoms with E-state index in [1.54, 1.807) is 0 Å². The monoisotopic (exact) mass is 692 g/mol. The summed E-state index contributed by atoms with van der Waals surface area (Å²) < 4.78 is 5.05. The van der Waals surface area contributed by atoms with Crippen molar-refractivity contribution in [2.75, 3.05) is 4.90 Å². The van der Waals surface area contributed by atoms with Crippen LogP contribution in [0, 0.1) is 0 Å². The minimum absolute atomic E-state index is 1.11. The number of para-hydroxylation sites is 1. The number of fused-ring (bicyclic) bond motifs is 9. The number of hydrogen-bond donors (Lipinski definition) is 0. The number of rotatable bonds is 5. The van der Waals surface area contributed by atoms with E-state index in [2.05, 4.69) is 204 Å². The quantitative estimate of drug-likeness (QED) is 0.174. The maximum Gasteiger partial charge on any atom is 0.0619 e. The van der Waals surface area contributed by atoms with Gasteiger partial charge < -0.3 is 9.47 Å². The second-order valence-electron chi connectivity index (χ2n) is 13.7. The molecule has 53 heavy (non-hydrogen) atoms. The molecule has 0 unspecified atom stereocenters. The molecule has 2 heterocycles. The Kier molecular flexibility index (Phi) is 6.76. The van der Waals surface area contributed by atoms with Gasteiger partial charge in [0, 0.05) is 58.8 Å². The van der Waals surface area contributed by atoms with Crippen LogP contribution in [-0.4, -0.2) is 4.57 Å². The van der Waals surface area contributed by atoms with Crippen molar-refractivity contribution >= 4 is 91.9 Å². The molecule has 0 aliphatic rings. The molecule has 0 saturated heterocycles. The van der Waals surface area contributed by atoms with Crippen LogP contribution in [0.2, 0.25) is 0 Å². The molecule has 0 amide bonds. The lowest BCUT2D eigenvalue weighted by atomic mass is 9.96. The number of hydrogen-bond acceptors (Lipinski definition) is 2. The molecule has 0 atom stereocenters. The highest BCUT2D eigenvalue weighted by Gasteiger charge is 2.20. The van der Waals surface area contributed by atoms with Gasteiger partial charge >= 0.3 is 0 Å². The fraction of sp³-hybridized carbons (Fsp3) is 0. The van der Waals surface area contributed by atoms with Gasteiger partial charge in [-0.2, -0.15) is 0 Å². The van der Waals surface area contributed by atoms with E-state index in [1.807, 2.05) is 11.3 Å². The van der Waals surface area contributed by atoms with Gasteiger partial charge in [0.15, 0.2) is 0 Å². The average molecular weight is 693 g/mol. The summed E-state index contributed by atoms with van der Waals surface area (Å²) in [4.78, 5) is 2.44. The van der Waals surface area contributed by atoms with Gasteiger partial charge in [-0.1, -0.05) is 133 Å². The van der Waals surface area contributed by atoms with Crippen molar-refractivity contribution in [1.29, 1.82) is 0 Å². The predicted octanol–water partition coefficient (Wildman–Crippen LogP) is 14.6. The van der Waals surface area contributed by atoms with Gasteiger partial charge in [-0.3, -0.25) is 0 Å². The fourth-order valence-corrected chi connectivity index (χ4v) is 9.46. The summed E-state index contributed by atoms with van der Waals surface area (Å²) in [5.41, 5.74) is 9.43. The smallest absolute Gasteiger partial charge is 0.0619 e. The van der Waals surface area contributed by atoms with Crippen molar-refractivity contribution in [2.45, 2.75) is 0 Å². The van der Waals surface area contributed by atoms with E-state index in [-0.39, 0.29) is 0 Å². The zero-order valence-electron chi connectivity index (χ0n) is 28.8. The molecule has 0 bridgehead atoms. The Labute approximate surface area is 311 Å². The Bertz CT molecular complexity index is 3170. The van der Waals surface area contributed by atoms with Crippen LogP contribution in [0.4, 0.5) is 17.1 Å². The Hall–Kier alpha value is -6.68. The molecule has 3 heteroatoms. The first-order valence-corrected chi connectivity index (χ1v) is 18.9. The van der Waals surface area contributed by atoms with Gasteiger partial charge in [-0.15, -0.1) is 11.3 Å². The van der Waals surface area contributed by atoms with E-state index >= 15 is 0 Å². The van der Waals surface area contributed by atoms with Crippen LogP contribution in [-0.2, 0) is 0 Å². The third-order valence-electron chi connectivity index (χ3n) is 10.8. The largest absolute Gasteiger partial charge is 0.310 e. The molecule has 0 saturated carbocycles. The van der Waals surface area contributed by atoms with Gasteiger partial charge in [0.05, 0.1) is 16.7 Å². The van der Waals surface area contributed by atoms with Crippen molar-refractivity contribution in [3.8, 4) is 16.8 Å². The summed E-state index contributed by atoms with van der Waals surface area (Å²) in [5.74, 6) is 0. The maximum atomic E-state index is 2.44. The second-order valence-corrected chi connectivity index (χ2v) is 14.8. The third-order valence-corrected chi connectivity index (χ3v) is 11.9. The molecule has 0 fully saturated rings. The molecule has 11 aromatic rings. The van der Waals surface area contributed by atoms with Crippen LogP contribution in [0.1, 0.15) is 0 Å². The van der Waals surface area contributed by atoms with Crippen molar-refractivity contribution in [3.05, 3.63) is 194 Å². The number of anilines is 3. The minimum Gasteiger partial charge on any atom is -0.310 e. The Balaban J connectivity index is 1.14. The minimum atomic E-state index is 1.11. The van der Waals surface area contributed by atoms with E-state index in [0.29, 0.717) is 0 Å². The Morgan fingerprint density at radius 2 is 1.06 bits per heavy atom. The number of benzene rings is 9. The second kappa shape index (κ2) is 11.9. The molecule has 0 aliphatic carbocycles. The first kappa shape index (κ1) is 30.0. The number of nitrogens with zero attached hydrogens (tertiary/aromatic N) is 2. The molecule has 11 rings (SSSR count). The number of thiophene rings is 1. The molecule has 9 aromatic carbocycles. The summed E-state index contributed by atoms with van der Waals surface area (Å²) in [7, 11) is 0. The highest BCUT2D eigenvalue weighted by molar-refractivity contribution is 7.25. The van der Waals surface area contributed by atoms with Gasteiger partial charge in [-0.25, -0.2) is 0 Å². The van der Waals surface area contributed by atoms with Crippen LogP contribution >= 0.6 is 11.3 Å². The zero-order valence-corrected chi connectivity index (χ0v) is 29.6. The molecule has 0 radical (unpaired) electrons. The molecule has 0 N–H and O–H groups in total. The van der Waals surface area contributed by atoms with Crippen LogP contribution in [0.3, 0.4) is 0 Å². The van der Waals surface area contributed by atoms with Gasteiger partial charge in [0.1, 0.15) is 0 Å². The summed E-state index contributed by atoms with van der Waals surface area (Å²) in [6, 6.07) is 71.0. The van der Waals surface area contributed by atoms with Crippen LogP contribution in [0.15, 0.2) is 194 Å². The first-order chi connectivity index (χ1) is 26.3. The lowest BCUT2D eigenvalue weighted by Gasteiger charge is -2.28. The SMILES string of the molecule is c1ccc(-c2ccc(N(c3ccc(-n4c5ccccc5c5ccc6ccccc6c54)cc3)c3ccc4sc5ccccc5c4c3)c3ccccc23)cc1. The van der Waals surface area contributed by atoms with Crippen molar-refractivity contribution in [3.63, 3.8) is 0 Å². The van der Waals surface area contributed by atoms with E-state index < -0.39 is 0 Å². The summed E-state index contributed by atoms with van der Waals surface area (Å²) in [6.45, 7) is 0. The lowest BCUT2D eigenvalue weighted by Crippen LogP contribution is -2.11. The highest BCUT2D eigenvalue weighted by Crippen LogP contribution is 2.45. The standard InChI is InChI=1S/C50H32N2S/c1-2-12-33(13-3-1)38-29-30-47(41-17-7-6-16-40(38)41)51(37-27-31-49-45(32-37)43-19-9-11-21-48(43)53-49)35-23-25-36(26-24-35)52-46-20-10-8-18-42(46)44-28-22-34-14-4-5-15-39(34)50(44)52/h1-32H. The van der Waals surface area contributed by atoms with E-state index in [9.17, 15) is 0 Å². The van der Waals surface area contributed by atoms with Crippen LogP contribution < -0.4 is 4.90 Å². The normalized spacial score (nSPS) is 11.8. The molecule has 2 nitrogen and oxygen atoms in total. The number of aromatic nitrogens is 1. The van der Waals surface area contributed by atoms with Gasteiger partial charge in [0.25, 0.3) is 0 Å². The van der Waals surface area contributed by atoms with Gasteiger partial charge in [-0.05, 0) is 82.6 Å². The van der Waals surface area contributed by atoms with E-state index in [1.165, 1.54) is 74.6 Å². The molecular formula is C50H32N2S. The van der Waals surface area contributed by atoms with E-state index in [0.717, 1.165) is 22.7 Å². The molecule has 0 spiro atoms. The Morgan fingerprint density at radius 3 is 1.91 bits per heavy atom. The molecule has 2 aromatic heterocycles. The van der Waals surface area contributed by atoms with Crippen LogP contribution in [0.5, 0.6) is 0 Å². The first-order valence-electron chi connectivity index (χ1n) is 18.1. The van der Waals surface area contributed by atoms with Gasteiger partial charge in [0.2, 0.25) is 0 Å². The summed E-state index contributed by atoms with van der Waals surface area (Å²) in [5, 5.41) is 10.1. The van der Waals surface area contributed by atoms with E-state index in [4.69, 9.17) is 0 Å². The predicted molar refractivity (Wildman–Crippen MR) is 229 cm³/mol. The summed E-state index contributed by atoms with van der Waals surface area (Å²) >= 11 is 1.86. The van der Waals surface area contributed by atoms with Crippen molar-refractivity contribution < 1.29 is 0 Å². The van der Waals surface area contributed by atoms with Crippen LogP contribution in [0.25, 0.3) is 80.3 Å². The Morgan fingerprint density at radius 1 is 0.396 bits per heavy atom. The third kappa shape index (κ3) is 4.71. The highest BCUT2D eigenvalue weighted by atomic mass is 32.1. The molecule has 248 valence electrons. The fourth-order valence-electron chi connectivity index (χ4n) is 8.38. The molecular weight excluding hydrogens is 661 g/mol.